The van der Waals surface area contributed by atoms with Crippen molar-refractivity contribution in [2.24, 2.45) is 0 Å². The fourth-order valence-corrected chi connectivity index (χ4v) is 7.07. The van der Waals surface area contributed by atoms with Crippen LogP contribution in [0.2, 0.25) is 0 Å². The van der Waals surface area contributed by atoms with Gasteiger partial charge in [-0.05, 0) is 58.7 Å². The van der Waals surface area contributed by atoms with Crippen LogP contribution in [-0.4, -0.2) is 15.0 Å². The first kappa shape index (κ1) is 28.2. The molecule has 0 saturated heterocycles. The quantitative estimate of drug-likeness (QED) is 0.187. The highest BCUT2D eigenvalue weighted by atomic mass is 16.3. The third-order valence-corrected chi connectivity index (χ3v) is 9.43. The lowest BCUT2D eigenvalue weighted by molar-refractivity contribution is 0.668. The first-order valence-corrected chi connectivity index (χ1v) is 16.6. The van der Waals surface area contributed by atoms with Crippen LogP contribution in [0.4, 0.5) is 0 Å². The molecule has 0 atom stereocenters. The van der Waals surface area contributed by atoms with Crippen LogP contribution in [0.5, 0.6) is 0 Å². The molecule has 5 heteroatoms. The number of pyridine rings is 1. The number of benzene rings is 6. The standard InChI is InChI=1S/C45H27N3O2/c1-2-10-29(11-3-1)37-26-38(48-45(47-37)30-21-19-28(20-22-30)31-12-9-25-46-27-31)34-24-23-33(43-36-14-5-7-17-40(36)50-44(34)43)32-15-8-18-41-42(32)35-13-4-6-16-39(35)49-41/h1-27H. The third kappa shape index (κ3) is 4.60. The summed E-state index contributed by atoms with van der Waals surface area (Å²) in [6, 6.07) is 51.7. The first-order valence-electron chi connectivity index (χ1n) is 16.6. The highest BCUT2D eigenvalue weighted by Gasteiger charge is 2.22. The smallest absolute Gasteiger partial charge is 0.160 e. The fraction of sp³-hybridized carbons (Fsp3) is 0. The van der Waals surface area contributed by atoms with Gasteiger partial charge in [-0.2, -0.15) is 0 Å². The van der Waals surface area contributed by atoms with Crippen molar-refractivity contribution in [3.05, 3.63) is 164 Å². The minimum Gasteiger partial charge on any atom is -0.456 e. The summed E-state index contributed by atoms with van der Waals surface area (Å²) >= 11 is 0. The summed E-state index contributed by atoms with van der Waals surface area (Å²) in [5, 5.41) is 4.27. The molecule has 4 heterocycles. The Hall–Kier alpha value is -6.85. The van der Waals surface area contributed by atoms with E-state index in [0.29, 0.717) is 5.82 Å². The van der Waals surface area contributed by atoms with Crippen LogP contribution in [0, 0.1) is 0 Å². The second-order valence-electron chi connectivity index (χ2n) is 12.4. The molecule has 5 nitrogen and oxygen atoms in total. The van der Waals surface area contributed by atoms with Gasteiger partial charge < -0.3 is 8.83 Å². The largest absolute Gasteiger partial charge is 0.456 e. The van der Waals surface area contributed by atoms with E-state index < -0.39 is 0 Å². The van der Waals surface area contributed by atoms with Crippen molar-refractivity contribution in [2.75, 3.05) is 0 Å². The van der Waals surface area contributed by atoms with Gasteiger partial charge in [0, 0.05) is 50.6 Å². The Balaban J connectivity index is 1.21. The second kappa shape index (κ2) is 11.4. The molecule has 0 aliphatic heterocycles. The van der Waals surface area contributed by atoms with Crippen LogP contribution in [0.1, 0.15) is 0 Å². The lowest BCUT2D eigenvalue weighted by Crippen LogP contribution is -1.96. The summed E-state index contributed by atoms with van der Waals surface area (Å²) < 4.78 is 13.0. The molecular formula is C45H27N3O2. The fourth-order valence-electron chi connectivity index (χ4n) is 7.07. The summed E-state index contributed by atoms with van der Waals surface area (Å²) in [5.41, 5.74) is 12.1. The zero-order chi connectivity index (χ0) is 33.0. The van der Waals surface area contributed by atoms with Gasteiger partial charge in [0.05, 0.1) is 11.4 Å². The molecule has 0 unspecified atom stereocenters. The molecule has 0 fully saturated rings. The lowest BCUT2D eigenvalue weighted by Gasteiger charge is -2.12. The average Bonchev–Trinajstić information content (AvgIpc) is 3.77. The van der Waals surface area contributed by atoms with E-state index in [9.17, 15) is 0 Å². The maximum absolute atomic E-state index is 6.75. The van der Waals surface area contributed by atoms with Crippen molar-refractivity contribution >= 4 is 43.9 Å². The van der Waals surface area contributed by atoms with Crippen LogP contribution < -0.4 is 0 Å². The maximum atomic E-state index is 6.75. The van der Waals surface area contributed by atoms with Gasteiger partial charge in [0.1, 0.15) is 22.3 Å². The zero-order valence-electron chi connectivity index (χ0n) is 26.7. The van der Waals surface area contributed by atoms with Crippen molar-refractivity contribution in [3.8, 4) is 56.2 Å². The van der Waals surface area contributed by atoms with Crippen LogP contribution in [0.25, 0.3) is 100 Å². The predicted molar refractivity (Wildman–Crippen MR) is 202 cm³/mol. The number of furan rings is 2. The van der Waals surface area contributed by atoms with Gasteiger partial charge in [-0.3, -0.25) is 4.98 Å². The Bertz CT molecular complexity index is 2850. The Labute approximate surface area is 287 Å². The number of rotatable bonds is 5. The van der Waals surface area contributed by atoms with E-state index in [-0.39, 0.29) is 0 Å². The van der Waals surface area contributed by atoms with E-state index >= 15 is 0 Å². The molecule has 50 heavy (non-hydrogen) atoms. The van der Waals surface area contributed by atoms with Gasteiger partial charge in [-0.15, -0.1) is 0 Å². The summed E-state index contributed by atoms with van der Waals surface area (Å²) in [6.45, 7) is 0. The van der Waals surface area contributed by atoms with Crippen LogP contribution >= 0.6 is 0 Å². The monoisotopic (exact) mass is 641 g/mol. The Morgan fingerprint density at radius 3 is 1.84 bits per heavy atom. The number of para-hydroxylation sites is 2. The van der Waals surface area contributed by atoms with Crippen LogP contribution in [-0.2, 0) is 0 Å². The number of hydrogen-bond donors (Lipinski definition) is 0. The van der Waals surface area contributed by atoms with E-state index in [0.717, 1.165) is 94.2 Å². The van der Waals surface area contributed by atoms with E-state index in [4.69, 9.17) is 18.8 Å². The number of nitrogens with zero attached hydrogens (tertiary/aromatic N) is 3. The lowest BCUT2D eigenvalue weighted by atomic mass is 9.93. The molecule has 4 aromatic heterocycles. The van der Waals surface area contributed by atoms with E-state index in [1.807, 2.05) is 60.8 Å². The van der Waals surface area contributed by atoms with Crippen molar-refractivity contribution < 1.29 is 8.83 Å². The molecule has 0 bridgehead atoms. The molecule has 6 aromatic carbocycles. The van der Waals surface area contributed by atoms with Gasteiger partial charge in [0.15, 0.2) is 5.82 Å². The SMILES string of the molecule is c1ccc(-c2cc(-c3ccc(-c4cccc5oc6ccccc6c45)c4c3oc3ccccc34)nc(-c3ccc(-c4cccnc4)cc3)n2)cc1. The molecule has 0 aliphatic carbocycles. The normalized spacial score (nSPS) is 11.6. The van der Waals surface area contributed by atoms with Crippen LogP contribution in [0.3, 0.4) is 0 Å². The molecule has 0 amide bonds. The minimum atomic E-state index is 0.641. The topological polar surface area (TPSA) is 65.0 Å². The summed E-state index contributed by atoms with van der Waals surface area (Å²) in [5.74, 6) is 0.641. The van der Waals surface area contributed by atoms with E-state index in [2.05, 4.69) is 102 Å². The summed E-state index contributed by atoms with van der Waals surface area (Å²) in [6.07, 6.45) is 3.66. The van der Waals surface area contributed by atoms with Crippen molar-refractivity contribution in [3.63, 3.8) is 0 Å². The van der Waals surface area contributed by atoms with E-state index in [1.165, 1.54) is 0 Å². The Kier molecular flexibility index (Phi) is 6.42. The summed E-state index contributed by atoms with van der Waals surface area (Å²) in [7, 11) is 0. The number of hydrogen-bond acceptors (Lipinski definition) is 5. The van der Waals surface area contributed by atoms with Gasteiger partial charge in [0.2, 0.25) is 0 Å². The molecular weight excluding hydrogens is 615 g/mol. The second-order valence-corrected chi connectivity index (χ2v) is 12.4. The molecule has 10 rings (SSSR count). The average molecular weight is 642 g/mol. The van der Waals surface area contributed by atoms with Crippen LogP contribution in [0.15, 0.2) is 173 Å². The highest BCUT2D eigenvalue weighted by molar-refractivity contribution is 6.21. The zero-order valence-corrected chi connectivity index (χ0v) is 26.7. The minimum absolute atomic E-state index is 0.641. The molecule has 0 radical (unpaired) electrons. The van der Waals surface area contributed by atoms with E-state index in [1.54, 1.807) is 6.20 Å². The Morgan fingerprint density at radius 2 is 1.04 bits per heavy atom. The van der Waals surface area contributed by atoms with Crippen molar-refractivity contribution in [1.29, 1.82) is 0 Å². The first-order chi connectivity index (χ1) is 24.8. The molecule has 0 aliphatic rings. The molecule has 234 valence electrons. The van der Waals surface area contributed by atoms with Gasteiger partial charge in [-0.1, -0.05) is 115 Å². The molecule has 10 aromatic rings. The van der Waals surface area contributed by atoms with Crippen molar-refractivity contribution in [2.45, 2.75) is 0 Å². The summed E-state index contributed by atoms with van der Waals surface area (Å²) in [4.78, 5) is 14.6. The van der Waals surface area contributed by atoms with Crippen molar-refractivity contribution in [1.82, 2.24) is 15.0 Å². The number of aromatic nitrogens is 3. The third-order valence-electron chi connectivity index (χ3n) is 9.43. The molecule has 0 saturated carbocycles. The molecule has 0 spiro atoms. The Morgan fingerprint density at radius 1 is 0.400 bits per heavy atom. The van der Waals surface area contributed by atoms with Gasteiger partial charge >= 0.3 is 0 Å². The van der Waals surface area contributed by atoms with Gasteiger partial charge in [-0.25, -0.2) is 9.97 Å². The molecule has 0 N–H and O–H groups in total. The predicted octanol–water partition coefficient (Wildman–Crippen LogP) is 12.0. The van der Waals surface area contributed by atoms with Gasteiger partial charge in [0.25, 0.3) is 0 Å². The highest BCUT2D eigenvalue weighted by Crippen LogP contribution is 2.45. The maximum Gasteiger partial charge on any atom is 0.160 e. The number of fused-ring (bicyclic) bond motifs is 6.